The highest BCUT2D eigenvalue weighted by atomic mass is 16.5. The standard InChI is InChI=1S/C18H36N2O/c1-4-21-17-7-11-20(12-8-17)15-18(9-5-6-10-18)14-19-13-16(2)3/h16-17,19H,4-15H2,1-3H3. The summed E-state index contributed by atoms with van der Waals surface area (Å²) in [6.07, 6.45) is 8.67. The number of nitrogens with zero attached hydrogens (tertiary/aromatic N) is 1. The van der Waals surface area contributed by atoms with E-state index in [0.29, 0.717) is 11.5 Å². The van der Waals surface area contributed by atoms with Gasteiger partial charge in [-0.2, -0.15) is 0 Å². The third-order valence-electron chi connectivity index (χ3n) is 5.21. The number of hydrogen-bond acceptors (Lipinski definition) is 3. The summed E-state index contributed by atoms with van der Waals surface area (Å²) in [5.41, 5.74) is 0.549. The van der Waals surface area contributed by atoms with Crippen molar-refractivity contribution in [3.8, 4) is 0 Å². The van der Waals surface area contributed by atoms with Gasteiger partial charge in [-0.3, -0.25) is 0 Å². The summed E-state index contributed by atoms with van der Waals surface area (Å²) in [5, 5.41) is 3.73. The van der Waals surface area contributed by atoms with Crippen molar-refractivity contribution in [3.05, 3.63) is 0 Å². The molecular formula is C18H36N2O. The zero-order valence-electron chi connectivity index (χ0n) is 14.5. The van der Waals surface area contributed by atoms with E-state index >= 15 is 0 Å². The number of piperidine rings is 1. The van der Waals surface area contributed by atoms with Crippen LogP contribution in [0.1, 0.15) is 59.3 Å². The lowest BCUT2D eigenvalue weighted by Crippen LogP contribution is -2.46. The van der Waals surface area contributed by atoms with Crippen molar-refractivity contribution >= 4 is 0 Å². The molecule has 2 rings (SSSR count). The van der Waals surface area contributed by atoms with Gasteiger partial charge in [0.15, 0.2) is 0 Å². The maximum atomic E-state index is 5.78. The fraction of sp³-hybridized carbons (Fsp3) is 1.00. The highest BCUT2D eigenvalue weighted by Crippen LogP contribution is 2.38. The first-order valence-electron chi connectivity index (χ1n) is 9.18. The van der Waals surface area contributed by atoms with Crippen molar-refractivity contribution in [2.24, 2.45) is 11.3 Å². The lowest BCUT2D eigenvalue weighted by atomic mass is 9.84. The Morgan fingerprint density at radius 2 is 1.86 bits per heavy atom. The van der Waals surface area contributed by atoms with Crippen LogP contribution in [0.3, 0.4) is 0 Å². The molecule has 0 atom stereocenters. The molecule has 21 heavy (non-hydrogen) atoms. The zero-order chi connectivity index (χ0) is 15.1. The smallest absolute Gasteiger partial charge is 0.0599 e. The van der Waals surface area contributed by atoms with Crippen LogP contribution in [0.15, 0.2) is 0 Å². The molecule has 2 fully saturated rings. The van der Waals surface area contributed by atoms with E-state index in [1.165, 1.54) is 64.7 Å². The molecule has 0 aromatic rings. The first kappa shape index (κ1) is 17.2. The zero-order valence-corrected chi connectivity index (χ0v) is 14.5. The summed E-state index contributed by atoms with van der Waals surface area (Å²) in [5.74, 6) is 0.755. The van der Waals surface area contributed by atoms with Gasteiger partial charge in [-0.05, 0) is 50.5 Å². The summed E-state index contributed by atoms with van der Waals surface area (Å²) < 4.78 is 5.78. The van der Waals surface area contributed by atoms with Crippen LogP contribution in [0.25, 0.3) is 0 Å². The maximum Gasteiger partial charge on any atom is 0.0599 e. The third-order valence-corrected chi connectivity index (χ3v) is 5.21. The van der Waals surface area contributed by atoms with E-state index in [1.54, 1.807) is 0 Å². The fourth-order valence-corrected chi connectivity index (χ4v) is 4.09. The van der Waals surface area contributed by atoms with Gasteiger partial charge in [-0.25, -0.2) is 0 Å². The van der Waals surface area contributed by atoms with Crippen molar-refractivity contribution in [2.75, 3.05) is 39.3 Å². The topological polar surface area (TPSA) is 24.5 Å². The summed E-state index contributed by atoms with van der Waals surface area (Å²) in [4.78, 5) is 2.71. The predicted molar refractivity (Wildman–Crippen MR) is 89.7 cm³/mol. The Labute approximate surface area is 131 Å². The SMILES string of the molecule is CCOC1CCN(CC2(CNCC(C)C)CCCC2)CC1. The van der Waals surface area contributed by atoms with E-state index < -0.39 is 0 Å². The van der Waals surface area contributed by atoms with E-state index in [2.05, 4.69) is 31.0 Å². The van der Waals surface area contributed by atoms with Gasteiger partial charge in [0.2, 0.25) is 0 Å². The second kappa shape index (κ2) is 8.50. The van der Waals surface area contributed by atoms with Gasteiger partial charge in [0, 0.05) is 32.8 Å². The van der Waals surface area contributed by atoms with Gasteiger partial charge in [-0.15, -0.1) is 0 Å². The molecule has 1 saturated heterocycles. The van der Waals surface area contributed by atoms with E-state index in [1.807, 2.05) is 0 Å². The highest BCUT2D eigenvalue weighted by molar-refractivity contribution is 4.90. The van der Waals surface area contributed by atoms with Crippen LogP contribution < -0.4 is 5.32 Å². The molecule has 0 aromatic carbocycles. The molecule has 0 aromatic heterocycles. The van der Waals surface area contributed by atoms with Gasteiger partial charge >= 0.3 is 0 Å². The Bertz CT molecular complexity index is 279. The minimum Gasteiger partial charge on any atom is -0.378 e. The molecule has 1 heterocycles. The molecule has 0 spiro atoms. The van der Waals surface area contributed by atoms with E-state index in [-0.39, 0.29) is 0 Å². The number of hydrogen-bond donors (Lipinski definition) is 1. The van der Waals surface area contributed by atoms with Gasteiger partial charge in [0.25, 0.3) is 0 Å². The molecule has 2 aliphatic rings. The first-order valence-corrected chi connectivity index (χ1v) is 9.18. The molecule has 3 nitrogen and oxygen atoms in total. The van der Waals surface area contributed by atoms with Crippen molar-refractivity contribution in [2.45, 2.75) is 65.4 Å². The molecule has 1 aliphatic heterocycles. The average Bonchev–Trinajstić information content (AvgIpc) is 2.90. The van der Waals surface area contributed by atoms with Gasteiger partial charge in [0.1, 0.15) is 0 Å². The van der Waals surface area contributed by atoms with Crippen LogP contribution in [-0.2, 0) is 4.74 Å². The molecular weight excluding hydrogens is 260 g/mol. The quantitative estimate of drug-likeness (QED) is 0.744. The van der Waals surface area contributed by atoms with E-state index in [0.717, 1.165) is 19.1 Å². The summed E-state index contributed by atoms with van der Waals surface area (Å²) >= 11 is 0. The van der Waals surface area contributed by atoms with Crippen molar-refractivity contribution in [1.29, 1.82) is 0 Å². The Hall–Kier alpha value is -0.120. The van der Waals surface area contributed by atoms with Crippen LogP contribution in [0.2, 0.25) is 0 Å². The Balaban J connectivity index is 1.77. The largest absolute Gasteiger partial charge is 0.378 e. The average molecular weight is 296 g/mol. The highest BCUT2D eigenvalue weighted by Gasteiger charge is 2.36. The van der Waals surface area contributed by atoms with Crippen molar-refractivity contribution in [1.82, 2.24) is 10.2 Å². The molecule has 1 N–H and O–H groups in total. The minimum absolute atomic E-state index is 0.518. The Morgan fingerprint density at radius 3 is 2.43 bits per heavy atom. The maximum absolute atomic E-state index is 5.78. The molecule has 124 valence electrons. The molecule has 0 amide bonds. The lowest BCUT2D eigenvalue weighted by Gasteiger charge is -2.39. The monoisotopic (exact) mass is 296 g/mol. The molecule has 0 radical (unpaired) electrons. The molecule has 1 saturated carbocycles. The number of rotatable bonds is 8. The van der Waals surface area contributed by atoms with Gasteiger partial charge < -0.3 is 15.0 Å². The summed E-state index contributed by atoms with van der Waals surface area (Å²) in [6.45, 7) is 13.7. The van der Waals surface area contributed by atoms with E-state index in [9.17, 15) is 0 Å². The van der Waals surface area contributed by atoms with Crippen LogP contribution in [0.5, 0.6) is 0 Å². The van der Waals surface area contributed by atoms with Crippen LogP contribution in [-0.4, -0.2) is 50.3 Å². The fourth-order valence-electron chi connectivity index (χ4n) is 4.09. The molecule has 1 aliphatic carbocycles. The molecule has 0 unspecified atom stereocenters. The minimum atomic E-state index is 0.518. The van der Waals surface area contributed by atoms with Crippen LogP contribution in [0.4, 0.5) is 0 Å². The predicted octanol–water partition coefficient (Wildman–Crippen LogP) is 3.29. The summed E-state index contributed by atoms with van der Waals surface area (Å²) in [6, 6.07) is 0. The second-order valence-electron chi connectivity index (χ2n) is 7.66. The lowest BCUT2D eigenvalue weighted by molar-refractivity contribution is 0.00416. The van der Waals surface area contributed by atoms with Crippen LogP contribution >= 0.6 is 0 Å². The number of ether oxygens (including phenoxy) is 1. The van der Waals surface area contributed by atoms with Gasteiger partial charge in [-0.1, -0.05) is 26.7 Å². The van der Waals surface area contributed by atoms with Crippen molar-refractivity contribution < 1.29 is 4.74 Å². The van der Waals surface area contributed by atoms with Gasteiger partial charge in [0.05, 0.1) is 6.10 Å². The van der Waals surface area contributed by atoms with E-state index in [4.69, 9.17) is 4.74 Å². The third kappa shape index (κ3) is 5.54. The Morgan fingerprint density at radius 1 is 1.19 bits per heavy atom. The summed E-state index contributed by atoms with van der Waals surface area (Å²) in [7, 11) is 0. The van der Waals surface area contributed by atoms with Crippen LogP contribution in [0, 0.1) is 11.3 Å². The second-order valence-corrected chi connectivity index (χ2v) is 7.66. The molecule has 0 bridgehead atoms. The Kier molecular flexibility index (Phi) is 6.97. The number of likely N-dealkylation sites (tertiary alicyclic amines) is 1. The van der Waals surface area contributed by atoms with Crippen molar-refractivity contribution in [3.63, 3.8) is 0 Å². The normalized spacial score (nSPS) is 24.0. The first-order chi connectivity index (χ1) is 10.1. The molecule has 3 heteroatoms. The number of nitrogens with one attached hydrogen (secondary N) is 1.